The van der Waals surface area contributed by atoms with Crippen molar-refractivity contribution in [2.75, 3.05) is 20.0 Å². The van der Waals surface area contributed by atoms with Crippen LogP contribution in [0.4, 0.5) is 0 Å². The fourth-order valence-electron chi connectivity index (χ4n) is 6.15. The Labute approximate surface area is 232 Å². The zero-order valence-corrected chi connectivity index (χ0v) is 25.2. The maximum absolute atomic E-state index is 13.9. The Bertz CT molecular complexity index is 1150. The lowest BCUT2D eigenvalue weighted by Gasteiger charge is -2.44. The Kier molecular flexibility index (Phi) is 9.24. The predicted molar refractivity (Wildman–Crippen MR) is 157 cm³/mol. The van der Waals surface area contributed by atoms with Crippen molar-refractivity contribution in [3.63, 3.8) is 0 Å². The summed E-state index contributed by atoms with van der Waals surface area (Å²) in [6.07, 6.45) is 3.37. The molecule has 0 bridgehead atoms. The summed E-state index contributed by atoms with van der Waals surface area (Å²) in [4.78, 5) is 14.8. The van der Waals surface area contributed by atoms with Gasteiger partial charge < -0.3 is 18.6 Å². The molecule has 2 atom stereocenters. The minimum Gasteiger partial charge on any atom is -0.454 e. The molecule has 1 heterocycles. The molecule has 2 aliphatic rings. The molecule has 0 radical (unpaired) electrons. The molecule has 0 amide bonds. The van der Waals surface area contributed by atoms with Crippen molar-refractivity contribution in [3.05, 3.63) is 71.8 Å². The third-order valence-electron chi connectivity index (χ3n) is 7.76. The van der Waals surface area contributed by atoms with Gasteiger partial charge in [0.2, 0.25) is 11.9 Å². The number of carbonyl (C=O) groups excluding carboxylic acids is 1. The lowest BCUT2D eigenvalue weighted by Crippen LogP contribution is -2.49. The number of thioether (sulfide) groups is 1. The number of hydrogen-bond donors (Lipinski definition) is 0. The molecule has 204 valence electrons. The smallest absolute Gasteiger partial charge is 0.231 e. The van der Waals surface area contributed by atoms with Gasteiger partial charge in [-0.05, 0) is 69.9 Å². The molecule has 1 aliphatic heterocycles. The lowest BCUT2D eigenvalue weighted by atomic mass is 9.81. The third-order valence-corrected chi connectivity index (χ3v) is 14.8. The summed E-state index contributed by atoms with van der Waals surface area (Å²) in [5.74, 6) is 1.12. The fraction of sp³-hybridized carbons (Fsp3) is 0.452. The van der Waals surface area contributed by atoms with Gasteiger partial charge in [0.25, 0.3) is 0 Å². The fourth-order valence-corrected chi connectivity index (χ4v) is 12.5. The molecular formula is C31H40O5SSi. The van der Waals surface area contributed by atoms with Crippen LogP contribution in [0.1, 0.15) is 58.8 Å². The van der Waals surface area contributed by atoms with Crippen molar-refractivity contribution in [1.82, 2.24) is 0 Å². The van der Waals surface area contributed by atoms with Gasteiger partial charge >= 0.3 is 0 Å². The van der Waals surface area contributed by atoms with Crippen LogP contribution >= 0.6 is 11.8 Å². The summed E-state index contributed by atoms with van der Waals surface area (Å²) in [6.45, 7) is 18.5. The Morgan fingerprint density at radius 3 is 2.29 bits per heavy atom. The Hall–Kier alpha value is -2.32. The Morgan fingerprint density at radius 2 is 1.68 bits per heavy atom. The van der Waals surface area contributed by atoms with Gasteiger partial charge in [-0.15, -0.1) is 6.58 Å². The van der Waals surface area contributed by atoms with E-state index in [0.29, 0.717) is 46.9 Å². The Morgan fingerprint density at radius 1 is 1.05 bits per heavy atom. The second-order valence-corrected chi connectivity index (χ2v) is 17.4. The first-order valence-corrected chi connectivity index (χ1v) is 16.4. The monoisotopic (exact) mass is 552 g/mol. The quantitative estimate of drug-likeness (QED) is 0.159. The van der Waals surface area contributed by atoms with E-state index in [1.165, 1.54) is 11.8 Å². The van der Waals surface area contributed by atoms with Crippen molar-refractivity contribution in [2.24, 2.45) is 5.92 Å². The summed E-state index contributed by atoms with van der Waals surface area (Å²) in [5, 5.41) is 0.00577. The van der Waals surface area contributed by atoms with Crippen molar-refractivity contribution in [2.45, 2.75) is 69.2 Å². The highest BCUT2D eigenvalue weighted by molar-refractivity contribution is 8.14. The van der Waals surface area contributed by atoms with Crippen LogP contribution in [0.2, 0.25) is 16.6 Å². The van der Waals surface area contributed by atoms with Crippen LogP contribution in [-0.4, -0.2) is 33.4 Å². The van der Waals surface area contributed by atoms with E-state index in [4.69, 9.17) is 18.6 Å². The van der Waals surface area contributed by atoms with E-state index in [1.807, 2.05) is 48.5 Å². The van der Waals surface area contributed by atoms with Gasteiger partial charge in [0.15, 0.2) is 19.8 Å². The van der Waals surface area contributed by atoms with Crippen molar-refractivity contribution in [3.8, 4) is 11.5 Å². The molecule has 0 N–H and O–H groups in total. The van der Waals surface area contributed by atoms with E-state index in [9.17, 15) is 4.79 Å². The Balaban J connectivity index is 1.78. The molecule has 0 aromatic heterocycles. The normalized spacial score (nSPS) is 18.6. The maximum atomic E-state index is 13.9. The topological polar surface area (TPSA) is 54.0 Å². The van der Waals surface area contributed by atoms with E-state index < -0.39 is 8.32 Å². The first-order chi connectivity index (χ1) is 18.2. The van der Waals surface area contributed by atoms with Crippen molar-refractivity contribution in [1.29, 1.82) is 0 Å². The summed E-state index contributed by atoms with van der Waals surface area (Å²) >= 11 is 1.25. The number of carbonyl (C=O) groups is 1. The van der Waals surface area contributed by atoms with Crippen LogP contribution in [0.5, 0.6) is 11.5 Å². The van der Waals surface area contributed by atoms with E-state index in [2.05, 4.69) is 48.1 Å². The number of hydrogen-bond acceptors (Lipinski definition) is 6. The molecule has 0 fully saturated rings. The zero-order chi connectivity index (χ0) is 27.4. The molecule has 0 saturated carbocycles. The molecule has 2 aromatic carbocycles. The zero-order valence-electron chi connectivity index (χ0n) is 23.4. The average molecular weight is 553 g/mol. The molecule has 1 aliphatic carbocycles. The number of fused-ring (bicyclic) bond motifs is 2. The maximum Gasteiger partial charge on any atom is 0.231 e. The number of benzene rings is 2. The van der Waals surface area contributed by atoms with E-state index >= 15 is 0 Å². The summed E-state index contributed by atoms with van der Waals surface area (Å²) in [7, 11) is -2.18. The molecule has 0 spiro atoms. The second-order valence-electron chi connectivity index (χ2n) is 10.9. The number of rotatable bonds is 11. The first-order valence-electron chi connectivity index (χ1n) is 13.5. The van der Waals surface area contributed by atoms with Crippen LogP contribution in [0, 0.1) is 5.92 Å². The van der Waals surface area contributed by atoms with Gasteiger partial charge in [0, 0.05) is 23.0 Å². The summed E-state index contributed by atoms with van der Waals surface area (Å²) < 4.78 is 24.9. The molecular weight excluding hydrogens is 512 g/mol. The highest BCUT2D eigenvalue weighted by Gasteiger charge is 2.47. The minimum absolute atomic E-state index is 0.00577. The first kappa shape index (κ1) is 28.7. The molecule has 0 saturated heterocycles. The van der Waals surface area contributed by atoms with Crippen LogP contribution in [0.15, 0.2) is 65.6 Å². The standard InChI is InChI=1S/C31H40O5SSi/c1-8-14-33-30-25-17-29-28(34-19-35-29)16-23(25)15-26(31(32)37-24-12-10-9-11-13-24)27(30)18-36-38(20(2)3,21(4)5)22(6)7/h8-13,15-17,20-22,27,30H,1,14,18-19H2,2-7H3/t27-,30-/m0/s1. The molecule has 5 nitrogen and oxygen atoms in total. The predicted octanol–water partition coefficient (Wildman–Crippen LogP) is 8.18. The lowest BCUT2D eigenvalue weighted by molar-refractivity contribution is -0.109. The third kappa shape index (κ3) is 5.66. The van der Waals surface area contributed by atoms with Crippen LogP contribution in [-0.2, 0) is 14.0 Å². The SMILES string of the molecule is C=CCO[C@H]1c2cc3c(cc2C=C(C(=O)Sc2ccccc2)[C@@H]1CO[Si](C(C)C)(C(C)C)C(C)C)OCO3. The van der Waals surface area contributed by atoms with Gasteiger partial charge in [-0.3, -0.25) is 4.79 Å². The van der Waals surface area contributed by atoms with Gasteiger partial charge in [0.1, 0.15) is 0 Å². The largest absolute Gasteiger partial charge is 0.454 e. The van der Waals surface area contributed by atoms with Gasteiger partial charge in [-0.1, -0.05) is 65.8 Å². The molecule has 7 heteroatoms. The molecule has 4 rings (SSSR count). The van der Waals surface area contributed by atoms with Gasteiger partial charge in [-0.2, -0.15) is 0 Å². The average Bonchev–Trinajstić information content (AvgIpc) is 3.34. The van der Waals surface area contributed by atoms with Crippen molar-refractivity contribution < 1.29 is 23.4 Å². The van der Waals surface area contributed by atoms with E-state index in [1.54, 1.807) is 6.08 Å². The van der Waals surface area contributed by atoms with Gasteiger partial charge in [-0.25, -0.2) is 0 Å². The number of ether oxygens (including phenoxy) is 3. The van der Waals surface area contributed by atoms with E-state index in [-0.39, 0.29) is 23.9 Å². The van der Waals surface area contributed by atoms with Crippen LogP contribution < -0.4 is 9.47 Å². The van der Waals surface area contributed by atoms with E-state index in [0.717, 1.165) is 16.0 Å². The highest BCUT2D eigenvalue weighted by atomic mass is 32.2. The summed E-state index contributed by atoms with van der Waals surface area (Å²) in [6, 6.07) is 13.7. The second kappa shape index (κ2) is 12.2. The van der Waals surface area contributed by atoms with Crippen molar-refractivity contribution >= 4 is 31.3 Å². The molecule has 0 unspecified atom stereocenters. The van der Waals surface area contributed by atoms with Crippen LogP contribution in [0.25, 0.3) is 6.08 Å². The molecule has 38 heavy (non-hydrogen) atoms. The van der Waals surface area contributed by atoms with Crippen LogP contribution in [0.3, 0.4) is 0 Å². The van der Waals surface area contributed by atoms with Gasteiger partial charge in [0.05, 0.1) is 12.7 Å². The minimum atomic E-state index is -2.18. The highest BCUT2D eigenvalue weighted by Crippen LogP contribution is 2.48. The molecule has 2 aromatic rings. The summed E-state index contributed by atoms with van der Waals surface area (Å²) in [5.41, 5.74) is 3.90.